The summed E-state index contributed by atoms with van der Waals surface area (Å²) in [6.45, 7) is 0. The van der Waals surface area contributed by atoms with E-state index in [1.54, 1.807) is 57.7 Å². The summed E-state index contributed by atoms with van der Waals surface area (Å²) in [4.78, 5) is 26.1. The summed E-state index contributed by atoms with van der Waals surface area (Å²) in [7, 11) is 4.77. The van der Waals surface area contributed by atoms with Crippen LogP contribution < -0.4 is 20.1 Å². The zero-order valence-electron chi connectivity index (χ0n) is 14.3. The number of nitrogens with zero attached hydrogens (tertiary/aromatic N) is 1. The molecule has 0 radical (unpaired) electrons. The molecule has 25 heavy (non-hydrogen) atoms. The topological polar surface area (TPSA) is 81.9 Å². The van der Waals surface area contributed by atoms with E-state index in [4.69, 9.17) is 15.2 Å². The zero-order chi connectivity index (χ0) is 18.4. The lowest BCUT2D eigenvalue weighted by atomic mass is 10.2. The van der Waals surface area contributed by atoms with E-state index in [2.05, 4.69) is 0 Å². The highest BCUT2D eigenvalue weighted by Crippen LogP contribution is 2.32. The van der Waals surface area contributed by atoms with Crippen LogP contribution >= 0.6 is 11.8 Å². The van der Waals surface area contributed by atoms with E-state index >= 15 is 0 Å². The van der Waals surface area contributed by atoms with Gasteiger partial charge in [0.15, 0.2) is 11.5 Å². The van der Waals surface area contributed by atoms with E-state index in [0.29, 0.717) is 27.6 Å². The number of nitrogens with two attached hydrogens (primary N) is 1. The number of rotatable bonds is 7. The first-order valence-corrected chi connectivity index (χ1v) is 8.46. The number of carbonyl (C=O) groups is 2. The first-order valence-electron chi connectivity index (χ1n) is 7.48. The number of amides is 2. The molecule has 0 heterocycles. The summed E-state index contributed by atoms with van der Waals surface area (Å²) in [6.07, 6.45) is 0. The van der Waals surface area contributed by atoms with Gasteiger partial charge >= 0.3 is 0 Å². The first-order chi connectivity index (χ1) is 12.0. The molecule has 2 aromatic rings. The maximum absolute atomic E-state index is 12.9. The summed E-state index contributed by atoms with van der Waals surface area (Å²) in [5.41, 5.74) is 6.37. The van der Waals surface area contributed by atoms with Crippen molar-refractivity contribution >= 4 is 29.3 Å². The molecule has 6 nitrogen and oxygen atoms in total. The second kappa shape index (κ2) is 8.43. The van der Waals surface area contributed by atoms with Crippen LogP contribution in [0, 0.1) is 0 Å². The molecule has 0 aromatic heterocycles. The van der Waals surface area contributed by atoms with Crippen LogP contribution in [0.1, 0.15) is 10.4 Å². The minimum atomic E-state index is -0.430. The Bertz CT molecular complexity index is 779. The monoisotopic (exact) mass is 360 g/mol. The highest BCUT2D eigenvalue weighted by molar-refractivity contribution is 8.00. The Labute approximate surface area is 150 Å². The maximum Gasteiger partial charge on any atom is 0.259 e. The van der Waals surface area contributed by atoms with Gasteiger partial charge in [0.25, 0.3) is 5.91 Å². The highest BCUT2D eigenvalue weighted by Gasteiger charge is 2.19. The number of benzene rings is 2. The second-order valence-corrected chi connectivity index (χ2v) is 6.17. The Morgan fingerprint density at radius 2 is 1.76 bits per heavy atom. The molecule has 0 spiro atoms. The minimum absolute atomic E-state index is 0.115. The normalized spacial score (nSPS) is 10.2. The van der Waals surface area contributed by atoms with Crippen molar-refractivity contribution in [2.24, 2.45) is 5.73 Å². The van der Waals surface area contributed by atoms with Crippen molar-refractivity contribution in [3.8, 4) is 11.5 Å². The van der Waals surface area contributed by atoms with Gasteiger partial charge < -0.3 is 20.1 Å². The van der Waals surface area contributed by atoms with Crippen molar-refractivity contribution in [2.75, 3.05) is 31.9 Å². The van der Waals surface area contributed by atoms with Gasteiger partial charge in [0.05, 0.1) is 25.5 Å². The van der Waals surface area contributed by atoms with Crippen molar-refractivity contribution in [3.05, 3.63) is 48.0 Å². The van der Waals surface area contributed by atoms with Gasteiger partial charge in [0.2, 0.25) is 5.91 Å². The van der Waals surface area contributed by atoms with Gasteiger partial charge in [-0.1, -0.05) is 12.1 Å². The van der Waals surface area contributed by atoms with Gasteiger partial charge in [0, 0.05) is 23.7 Å². The lowest BCUT2D eigenvalue weighted by molar-refractivity contribution is -0.115. The summed E-state index contributed by atoms with van der Waals surface area (Å²) in [5.74, 6) is 0.616. The van der Waals surface area contributed by atoms with Crippen molar-refractivity contribution < 1.29 is 19.1 Å². The molecule has 0 saturated heterocycles. The fraction of sp³-hybridized carbons (Fsp3) is 0.222. The Balaban J connectivity index is 2.30. The van der Waals surface area contributed by atoms with E-state index in [1.165, 1.54) is 16.7 Å². The Morgan fingerprint density at radius 3 is 2.40 bits per heavy atom. The molecule has 0 fully saturated rings. The van der Waals surface area contributed by atoms with Crippen LogP contribution in [0.2, 0.25) is 0 Å². The van der Waals surface area contributed by atoms with E-state index in [1.807, 2.05) is 6.07 Å². The zero-order valence-corrected chi connectivity index (χ0v) is 15.1. The van der Waals surface area contributed by atoms with Crippen LogP contribution in [0.15, 0.2) is 47.4 Å². The molecule has 2 N–H and O–H groups in total. The number of hydrogen-bond acceptors (Lipinski definition) is 5. The first kappa shape index (κ1) is 18.7. The van der Waals surface area contributed by atoms with Gasteiger partial charge in [-0.15, -0.1) is 11.8 Å². The summed E-state index contributed by atoms with van der Waals surface area (Å²) in [5, 5.41) is 0. The van der Waals surface area contributed by atoms with Crippen molar-refractivity contribution in [1.29, 1.82) is 0 Å². The predicted octanol–water partition coefficient (Wildman–Crippen LogP) is 2.56. The summed E-state index contributed by atoms with van der Waals surface area (Å²) in [6, 6.07) is 12.4. The van der Waals surface area contributed by atoms with E-state index < -0.39 is 5.91 Å². The number of anilines is 1. The summed E-state index contributed by atoms with van der Waals surface area (Å²) >= 11 is 1.24. The third-order valence-corrected chi connectivity index (χ3v) is 4.64. The van der Waals surface area contributed by atoms with Gasteiger partial charge in [-0.05, 0) is 24.3 Å². The largest absolute Gasteiger partial charge is 0.493 e. The average molecular weight is 360 g/mol. The van der Waals surface area contributed by atoms with E-state index in [-0.39, 0.29) is 11.7 Å². The maximum atomic E-state index is 12.9. The smallest absolute Gasteiger partial charge is 0.259 e. The van der Waals surface area contributed by atoms with Gasteiger partial charge in [-0.3, -0.25) is 9.59 Å². The number of primary amides is 1. The molecule has 2 rings (SSSR count). The van der Waals surface area contributed by atoms with Crippen molar-refractivity contribution in [1.82, 2.24) is 0 Å². The fourth-order valence-corrected chi connectivity index (χ4v) is 3.03. The second-order valence-electron chi connectivity index (χ2n) is 5.15. The van der Waals surface area contributed by atoms with Crippen molar-refractivity contribution in [2.45, 2.75) is 4.90 Å². The molecule has 2 amide bonds. The molecule has 0 aliphatic rings. The molecule has 0 bridgehead atoms. The third kappa shape index (κ3) is 4.45. The third-order valence-electron chi connectivity index (χ3n) is 3.55. The molecule has 0 saturated carbocycles. The number of carbonyl (C=O) groups excluding carboxylic acids is 2. The van der Waals surface area contributed by atoms with Gasteiger partial charge in [-0.2, -0.15) is 0 Å². The summed E-state index contributed by atoms with van der Waals surface area (Å²) < 4.78 is 10.5. The molecule has 0 unspecified atom stereocenters. The predicted molar refractivity (Wildman–Crippen MR) is 98.6 cm³/mol. The van der Waals surface area contributed by atoms with Crippen LogP contribution in [-0.2, 0) is 4.79 Å². The molecule has 7 heteroatoms. The van der Waals surface area contributed by atoms with Crippen molar-refractivity contribution in [3.63, 3.8) is 0 Å². The Morgan fingerprint density at radius 1 is 1.08 bits per heavy atom. The molecule has 0 aliphatic carbocycles. The molecule has 0 atom stereocenters. The van der Waals surface area contributed by atoms with Gasteiger partial charge in [-0.25, -0.2) is 0 Å². The van der Waals surface area contributed by atoms with Crippen LogP contribution in [0.4, 0.5) is 5.69 Å². The van der Waals surface area contributed by atoms with E-state index in [9.17, 15) is 9.59 Å². The fourth-order valence-electron chi connectivity index (χ4n) is 2.25. The lowest BCUT2D eigenvalue weighted by Crippen LogP contribution is -2.27. The molecule has 132 valence electrons. The van der Waals surface area contributed by atoms with Crippen LogP contribution in [0.5, 0.6) is 11.5 Å². The molecule has 2 aromatic carbocycles. The number of hydrogen-bond donors (Lipinski definition) is 1. The van der Waals surface area contributed by atoms with Crippen LogP contribution in [0.3, 0.4) is 0 Å². The van der Waals surface area contributed by atoms with E-state index in [0.717, 1.165) is 0 Å². The highest BCUT2D eigenvalue weighted by atomic mass is 32.2. The molecular weight excluding hydrogens is 340 g/mol. The number of methoxy groups -OCH3 is 2. The standard InChI is InChI=1S/C18H20N2O4S/c1-20(12-8-9-14(23-2)15(10-12)24-3)18(22)13-6-4-5-7-16(13)25-11-17(19)21/h4-10H,11H2,1-3H3,(H2,19,21). The van der Waals surface area contributed by atoms with Crippen LogP contribution in [-0.4, -0.2) is 38.8 Å². The Hall–Kier alpha value is -2.67. The molecular formula is C18H20N2O4S. The average Bonchev–Trinajstić information content (AvgIpc) is 2.64. The lowest BCUT2D eigenvalue weighted by Gasteiger charge is -2.20. The SMILES string of the molecule is COc1ccc(N(C)C(=O)c2ccccc2SCC(N)=O)cc1OC. The number of thioether (sulfide) groups is 1. The quantitative estimate of drug-likeness (QED) is 0.768. The minimum Gasteiger partial charge on any atom is -0.493 e. The molecule has 0 aliphatic heterocycles. The Kier molecular flexibility index (Phi) is 6.30. The number of ether oxygens (including phenoxy) is 2. The van der Waals surface area contributed by atoms with Gasteiger partial charge in [0.1, 0.15) is 0 Å². The van der Waals surface area contributed by atoms with Crippen LogP contribution in [0.25, 0.3) is 0 Å².